The van der Waals surface area contributed by atoms with Crippen LogP contribution in [0.5, 0.6) is 0 Å². The Bertz CT molecular complexity index is 571. The maximum atomic E-state index is 12.2. The molecule has 4 nitrogen and oxygen atoms in total. The molecule has 116 valence electrons. The van der Waals surface area contributed by atoms with Gasteiger partial charge in [-0.05, 0) is 49.9 Å². The van der Waals surface area contributed by atoms with Crippen molar-refractivity contribution in [2.75, 3.05) is 12.3 Å². The average molecular weight is 308 g/mol. The van der Waals surface area contributed by atoms with Gasteiger partial charge in [-0.2, -0.15) is 5.26 Å². The lowest BCUT2D eigenvalue weighted by Crippen LogP contribution is -2.31. The fraction of sp³-hybridized carbons (Fsp3) is 0.562. The summed E-state index contributed by atoms with van der Waals surface area (Å²) in [5.41, 5.74) is 0.467. The van der Waals surface area contributed by atoms with Gasteiger partial charge in [-0.15, -0.1) is 0 Å². The van der Waals surface area contributed by atoms with E-state index in [9.17, 15) is 8.42 Å². The van der Waals surface area contributed by atoms with Crippen molar-refractivity contribution in [3.8, 4) is 6.07 Å². The quantitative estimate of drug-likeness (QED) is 0.801. The van der Waals surface area contributed by atoms with E-state index in [2.05, 4.69) is 26.1 Å². The Morgan fingerprint density at radius 3 is 2.29 bits per heavy atom. The summed E-state index contributed by atoms with van der Waals surface area (Å²) in [6.07, 6.45) is 2.19. The molecule has 0 saturated heterocycles. The molecule has 21 heavy (non-hydrogen) atoms. The Labute approximate surface area is 128 Å². The van der Waals surface area contributed by atoms with E-state index in [0.717, 1.165) is 12.8 Å². The highest BCUT2D eigenvalue weighted by Gasteiger charge is 2.14. The first kappa shape index (κ1) is 17.7. The smallest absolute Gasteiger partial charge is 0.179 e. The van der Waals surface area contributed by atoms with Crippen LogP contribution in [0.4, 0.5) is 0 Å². The molecule has 0 heterocycles. The first-order valence-electron chi connectivity index (χ1n) is 7.31. The van der Waals surface area contributed by atoms with Gasteiger partial charge in [0.1, 0.15) is 0 Å². The van der Waals surface area contributed by atoms with Crippen LogP contribution in [0.1, 0.15) is 39.2 Å². The highest BCUT2D eigenvalue weighted by Crippen LogP contribution is 2.12. The third kappa shape index (κ3) is 6.28. The first-order chi connectivity index (χ1) is 9.85. The molecule has 0 fully saturated rings. The Balaban J connectivity index is 2.47. The van der Waals surface area contributed by atoms with Gasteiger partial charge in [0.05, 0.1) is 22.3 Å². The number of benzene rings is 1. The summed E-state index contributed by atoms with van der Waals surface area (Å²) in [5.74, 6) is 0.738. The van der Waals surface area contributed by atoms with E-state index in [1.165, 1.54) is 24.3 Å². The molecule has 0 bridgehead atoms. The van der Waals surface area contributed by atoms with Gasteiger partial charge in [-0.1, -0.05) is 13.8 Å². The summed E-state index contributed by atoms with van der Waals surface area (Å²) in [4.78, 5) is 0.276. The zero-order valence-electron chi connectivity index (χ0n) is 13.0. The molecule has 0 aliphatic heterocycles. The van der Waals surface area contributed by atoms with Crippen LogP contribution < -0.4 is 5.32 Å². The van der Waals surface area contributed by atoms with Gasteiger partial charge in [0.2, 0.25) is 0 Å². The van der Waals surface area contributed by atoms with Crippen molar-refractivity contribution in [3.05, 3.63) is 29.8 Å². The van der Waals surface area contributed by atoms with Crippen LogP contribution >= 0.6 is 0 Å². The van der Waals surface area contributed by atoms with Crippen LogP contribution in [0.3, 0.4) is 0 Å². The highest BCUT2D eigenvalue weighted by molar-refractivity contribution is 7.91. The molecule has 1 atom stereocenters. The fourth-order valence-corrected chi connectivity index (χ4v) is 3.15. The lowest BCUT2D eigenvalue weighted by atomic mass is 10.0. The number of nitrogens with one attached hydrogen (secondary N) is 1. The van der Waals surface area contributed by atoms with Crippen molar-refractivity contribution >= 4 is 9.84 Å². The van der Waals surface area contributed by atoms with Crippen molar-refractivity contribution in [3.63, 3.8) is 0 Å². The minimum atomic E-state index is -3.28. The van der Waals surface area contributed by atoms with E-state index in [0.29, 0.717) is 24.1 Å². The molecule has 0 aliphatic carbocycles. The van der Waals surface area contributed by atoms with Gasteiger partial charge in [-0.25, -0.2) is 8.42 Å². The molecular formula is C16H24N2O2S. The number of hydrogen-bond donors (Lipinski definition) is 1. The second kappa shape index (κ2) is 8.16. The van der Waals surface area contributed by atoms with E-state index < -0.39 is 9.84 Å². The topological polar surface area (TPSA) is 70.0 Å². The Morgan fingerprint density at radius 2 is 1.76 bits per heavy atom. The minimum Gasteiger partial charge on any atom is -0.313 e. The Hall–Kier alpha value is -1.38. The standard InChI is InChI=1S/C16H24N2O2S/c1-13(2)4-5-14(3)18-10-11-21(19,20)16-8-6-15(12-17)7-9-16/h6-9,13-14,18H,4-5,10-11H2,1-3H3. The van der Waals surface area contributed by atoms with Crippen molar-refractivity contribution in [2.24, 2.45) is 5.92 Å². The first-order valence-corrected chi connectivity index (χ1v) is 8.96. The maximum absolute atomic E-state index is 12.2. The van der Waals surface area contributed by atoms with Gasteiger partial charge < -0.3 is 5.32 Å². The molecule has 0 amide bonds. The molecular weight excluding hydrogens is 284 g/mol. The normalized spacial score (nSPS) is 13.1. The fourth-order valence-electron chi connectivity index (χ4n) is 1.98. The molecule has 0 saturated carbocycles. The second-order valence-electron chi connectivity index (χ2n) is 5.78. The van der Waals surface area contributed by atoms with Crippen LogP contribution in [0.2, 0.25) is 0 Å². The SMILES string of the molecule is CC(C)CCC(C)NCCS(=O)(=O)c1ccc(C#N)cc1. The van der Waals surface area contributed by atoms with Crippen LogP contribution in [-0.4, -0.2) is 26.8 Å². The van der Waals surface area contributed by atoms with Crippen LogP contribution in [-0.2, 0) is 9.84 Å². The number of nitriles is 1. The average Bonchev–Trinajstić information content (AvgIpc) is 2.45. The van der Waals surface area contributed by atoms with Gasteiger partial charge in [0.15, 0.2) is 9.84 Å². The monoisotopic (exact) mass is 308 g/mol. The number of rotatable bonds is 8. The van der Waals surface area contributed by atoms with Gasteiger partial charge in [-0.3, -0.25) is 0 Å². The summed E-state index contributed by atoms with van der Waals surface area (Å²) in [5, 5.41) is 12.0. The highest BCUT2D eigenvalue weighted by atomic mass is 32.2. The van der Waals surface area contributed by atoms with E-state index >= 15 is 0 Å². The third-order valence-electron chi connectivity index (χ3n) is 3.38. The van der Waals surface area contributed by atoms with E-state index in [1.807, 2.05) is 6.07 Å². The summed E-state index contributed by atoms with van der Waals surface area (Å²) < 4.78 is 24.3. The predicted molar refractivity (Wildman–Crippen MR) is 84.7 cm³/mol. The van der Waals surface area contributed by atoms with E-state index in [1.54, 1.807) is 0 Å². The zero-order chi connectivity index (χ0) is 15.9. The van der Waals surface area contributed by atoms with Crippen molar-refractivity contribution in [2.45, 2.75) is 44.6 Å². The predicted octanol–water partition coefficient (Wildman–Crippen LogP) is 2.75. The molecule has 5 heteroatoms. The van der Waals surface area contributed by atoms with E-state index in [-0.39, 0.29) is 10.6 Å². The summed E-state index contributed by atoms with van der Waals surface area (Å²) in [7, 11) is -3.28. The molecule has 1 rings (SSSR count). The lowest BCUT2D eigenvalue weighted by Gasteiger charge is -2.15. The van der Waals surface area contributed by atoms with Gasteiger partial charge in [0, 0.05) is 12.6 Å². The van der Waals surface area contributed by atoms with Crippen molar-refractivity contribution < 1.29 is 8.42 Å². The summed E-state index contributed by atoms with van der Waals surface area (Å²) >= 11 is 0. The number of hydrogen-bond acceptors (Lipinski definition) is 4. The molecule has 1 aromatic rings. The zero-order valence-corrected chi connectivity index (χ0v) is 13.8. The number of nitrogens with zero attached hydrogens (tertiary/aromatic N) is 1. The van der Waals surface area contributed by atoms with Crippen molar-refractivity contribution in [1.82, 2.24) is 5.32 Å². The van der Waals surface area contributed by atoms with Crippen LogP contribution in [0.25, 0.3) is 0 Å². The molecule has 0 aromatic heterocycles. The van der Waals surface area contributed by atoms with Gasteiger partial charge >= 0.3 is 0 Å². The molecule has 0 spiro atoms. The van der Waals surface area contributed by atoms with Crippen molar-refractivity contribution in [1.29, 1.82) is 5.26 Å². The number of sulfone groups is 1. The molecule has 1 unspecified atom stereocenters. The Morgan fingerprint density at radius 1 is 1.14 bits per heavy atom. The minimum absolute atomic E-state index is 0.0743. The third-order valence-corrected chi connectivity index (χ3v) is 5.12. The molecule has 1 N–H and O–H groups in total. The molecule has 0 radical (unpaired) electrons. The van der Waals surface area contributed by atoms with E-state index in [4.69, 9.17) is 5.26 Å². The van der Waals surface area contributed by atoms with Crippen LogP contribution in [0, 0.1) is 17.2 Å². The van der Waals surface area contributed by atoms with Gasteiger partial charge in [0.25, 0.3) is 0 Å². The second-order valence-corrected chi connectivity index (χ2v) is 7.89. The van der Waals surface area contributed by atoms with Crippen LogP contribution in [0.15, 0.2) is 29.2 Å². The lowest BCUT2D eigenvalue weighted by molar-refractivity contribution is 0.459. The maximum Gasteiger partial charge on any atom is 0.179 e. The molecule has 0 aliphatic rings. The largest absolute Gasteiger partial charge is 0.313 e. The summed E-state index contributed by atoms with van der Waals surface area (Å²) in [6, 6.07) is 8.36. The molecule has 1 aromatic carbocycles. The Kier molecular flexibility index (Phi) is 6.86. The summed E-state index contributed by atoms with van der Waals surface area (Å²) in [6.45, 7) is 6.89.